The second-order valence-corrected chi connectivity index (χ2v) is 3.69. The van der Waals surface area contributed by atoms with Crippen LogP contribution in [0.4, 0.5) is 32.0 Å². The zero-order valence-electron chi connectivity index (χ0n) is 9.36. The van der Waals surface area contributed by atoms with Crippen molar-refractivity contribution in [2.75, 3.05) is 18.5 Å². The maximum Gasteiger partial charge on any atom is 0.416 e. The van der Waals surface area contributed by atoms with Crippen molar-refractivity contribution in [1.29, 1.82) is 0 Å². The minimum absolute atomic E-state index is 0.0542. The first-order chi connectivity index (χ1) is 8.05. The molecule has 0 spiro atoms. The van der Waals surface area contributed by atoms with Crippen LogP contribution in [0.25, 0.3) is 0 Å². The quantitative estimate of drug-likeness (QED) is 0.734. The van der Waals surface area contributed by atoms with Crippen LogP contribution in [0.1, 0.15) is 11.1 Å². The Morgan fingerprint density at radius 3 is 1.61 bits per heavy atom. The van der Waals surface area contributed by atoms with E-state index in [9.17, 15) is 26.3 Å². The second kappa shape index (κ2) is 4.70. The number of anilines is 1. The van der Waals surface area contributed by atoms with Crippen LogP contribution in [0.5, 0.6) is 0 Å². The Hall–Kier alpha value is -1.40. The zero-order chi connectivity index (χ0) is 14.1. The highest BCUT2D eigenvalue weighted by Gasteiger charge is 2.37. The molecule has 0 unspecified atom stereocenters. The molecule has 0 aliphatic heterocycles. The number of halogens is 6. The first kappa shape index (κ1) is 14.7. The van der Waals surface area contributed by atoms with Crippen LogP contribution in [0, 0.1) is 6.92 Å². The normalized spacial score (nSPS) is 12.7. The van der Waals surface area contributed by atoms with Crippen LogP contribution in [0.3, 0.4) is 0 Å². The Balaban J connectivity index is 3.39. The van der Waals surface area contributed by atoms with Crippen molar-refractivity contribution < 1.29 is 26.3 Å². The Kier molecular flexibility index (Phi) is 3.83. The predicted molar refractivity (Wildman–Crippen MR) is 55.1 cm³/mol. The molecule has 1 rings (SSSR count). The lowest BCUT2D eigenvalue weighted by molar-refractivity contribution is -0.143. The van der Waals surface area contributed by atoms with Gasteiger partial charge in [0.05, 0.1) is 11.1 Å². The van der Waals surface area contributed by atoms with E-state index in [1.54, 1.807) is 0 Å². The lowest BCUT2D eigenvalue weighted by Gasteiger charge is -2.20. The van der Waals surface area contributed by atoms with Crippen LogP contribution in [-0.4, -0.2) is 13.6 Å². The standard InChI is InChI=1S/C11H10F6N/c1-3-18(2)9-5-7(10(12,13)14)4-8(6-9)11(15,16)17/h4-6H,1,3H2,2H3. The van der Waals surface area contributed by atoms with E-state index in [0.717, 1.165) is 0 Å². The Bertz CT molecular complexity index is 388. The highest BCUT2D eigenvalue weighted by Crippen LogP contribution is 2.38. The van der Waals surface area contributed by atoms with Gasteiger partial charge in [0, 0.05) is 19.3 Å². The van der Waals surface area contributed by atoms with Gasteiger partial charge >= 0.3 is 12.4 Å². The summed E-state index contributed by atoms with van der Waals surface area (Å²) in [4.78, 5) is 1.20. The third kappa shape index (κ3) is 3.30. The summed E-state index contributed by atoms with van der Waals surface area (Å²) in [7, 11) is 1.36. The summed E-state index contributed by atoms with van der Waals surface area (Å²) in [6, 6.07) is 1.43. The molecular weight excluding hydrogens is 260 g/mol. The zero-order valence-corrected chi connectivity index (χ0v) is 9.36. The van der Waals surface area contributed by atoms with Crippen molar-refractivity contribution in [1.82, 2.24) is 0 Å². The van der Waals surface area contributed by atoms with Crippen molar-refractivity contribution in [2.45, 2.75) is 12.4 Å². The van der Waals surface area contributed by atoms with Gasteiger partial charge in [-0.2, -0.15) is 26.3 Å². The van der Waals surface area contributed by atoms with E-state index >= 15 is 0 Å². The molecule has 0 aliphatic rings. The first-order valence-electron chi connectivity index (χ1n) is 4.85. The summed E-state index contributed by atoms with van der Waals surface area (Å²) < 4.78 is 75.0. The number of benzene rings is 1. The number of hydrogen-bond acceptors (Lipinski definition) is 1. The number of hydrogen-bond donors (Lipinski definition) is 0. The molecule has 7 heteroatoms. The molecule has 101 valence electrons. The van der Waals surface area contributed by atoms with Gasteiger partial charge < -0.3 is 4.90 Å². The highest BCUT2D eigenvalue weighted by atomic mass is 19.4. The summed E-state index contributed by atoms with van der Waals surface area (Å²) in [5, 5.41) is 0. The number of rotatable bonds is 2. The van der Waals surface area contributed by atoms with Gasteiger partial charge in [-0.05, 0) is 25.1 Å². The van der Waals surface area contributed by atoms with E-state index in [1.807, 2.05) is 0 Å². The molecule has 0 fully saturated rings. The van der Waals surface area contributed by atoms with Crippen molar-refractivity contribution in [3.63, 3.8) is 0 Å². The monoisotopic (exact) mass is 270 g/mol. The van der Waals surface area contributed by atoms with Crippen molar-refractivity contribution in [3.05, 3.63) is 36.2 Å². The fraction of sp³-hybridized carbons (Fsp3) is 0.364. The maximum atomic E-state index is 12.5. The molecule has 18 heavy (non-hydrogen) atoms. The molecule has 0 aliphatic carbocycles. The molecule has 0 aromatic heterocycles. The SMILES string of the molecule is [CH2]CN(C)c1cc(C(F)(F)F)cc(C(F)(F)F)c1. The van der Waals surface area contributed by atoms with Crippen LogP contribution in [0.15, 0.2) is 18.2 Å². The van der Waals surface area contributed by atoms with Crippen molar-refractivity contribution in [2.24, 2.45) is 0 Å². The fourth-order valence-electron chi connectivity index (χ4n) is 1.29. The molecule has 1 aromatic rings. The smallest absolute Gasteiger partial charge is 0.375 e. The topological polar surface area (TPSA) is 3.24 Å². The number of alkyl halides is 6. The average Bonchev–Trinajstić information content (AvgIpc) is 2.25. The highest BCUT2D eigenvalue weighted by molar-refractivity contribution is 5.52. The van der Waals surface area contributed by atoms with E-state index in [2.05, 4.69) is 6.92 Å². The van der Waals surface area contributed by atoms with Crippen molar-refractivity contribution >= 4 is 5.69 Å². The summed E-state index contributed by atoms with van der Waals surface area (Å²) in [6.07, 6.45) is -9.64. The van der Waals surface area contributed by atoms with Crippen molar-refractivity contribution in [3.8, 4) is 0 Å². The van der Waals surface area contributed by atoms with Gasteiger partial charge in [0.25, 0.3) is 0 Å². The summed E-state index contributed by atoms with van der Waals surface area (Å²) >= 11 is 0. The lowest BCUT2D eigenvalue weighted by Crippen LogP contribution is -2.19. The predicted octanol–water partition coefficient (Wildman–Crippen LogP) is 3.99. The fourth-order valence-corrected chi connectivity index (χ4v) is 1.29. The largest absolute Gasteiger partial charge is 0.416 e. The maximum absolute atomic E-state index is 12.5. The number of nitrogens with zero attached hydrogens (tertiary/aromatic N) is 1. The Labute approximate surface area is 100 Å². The molecule has 0 heterocycles. The van der Waals surface area contributed by atoms with E-state index in [0.29, 0.717) is 12.1 Å². The summed E-state index contributed by atoms with van der Waals surface area (Å²) in [6.45, 7) is 3.46. The third-order valence-corrected chi connectivity index (χ3v) is 2.35. The van der Waals surface area contributed by atoms with Gasteiger partial charge in [0.2, 0.25) is 0 Å². The molecule has 1 aromatic carbocycles. The molecule has 0 saturated carbocycles. The second-order valence-electron chi connectivity index (χ2n) is 3.69. The van der Waals surface area contributed by atoms with Gasteiger partial charge in [-0.25, -0.2) is 0 Å². The van der Waals surface area contributed by atoms with Crippen LogP contribution in [-0.2, 0) is 12.4 Å². The van der Waals surface area contributed by atoms with E-state index < -0.39 is 23.5 Å². The molecule has 1 nitrogen and oxygen atoms in total. The Morgan fingerprint density at radius 1 is 0.944 bits per heavy atom. The molecular formula is C11H10F6N. The molecule has 0 bridgehead atoms. The molecule has 0 saturated heterocycles. The lowest BCUT2D eigenvalue weighted by atomic mass is 10.1. The molecule has 0 amide bonds. The van der Waals surface area contributed by atoms with Crippen LogP contribution >= 0.6 is 0 Å². The molecule has 1 radical (unpaired) electrons. The summed E-state index contributed by atoms with van der Waals surface area (Å²) in [5.74, 6) is 0. The van der Waals surface area contributed by atoms with Crippen LogP contribution in [0.2, 0.25) is 0 Å². The van der Waals surface area contributed by atoms with E-state index in [4.69, 9.17) is 0 Å². The minimum atomic E-state index is -4.82. The van der Waals surface area contributed by atoms with Gasteiger partial charge in [0.15, 0.2) is 0 Å². The first-order valence-corrected chi connectivity index (χ1v) is 4.85. The van der Waals surface area contributed by atoms with E-state index in [-0.39, 0.29) is 18.3 Å². The third-order valence-electron chi connectivity index (χ3n) is 2.35. The van der Waals surface area contributed by atoms with Gasteiger partial charge in [0.1, 0.15) is 0 Å². The minimum Gasteiger partial charge on any atom is -0.375 e. The molecule has 0 atom stereocenters. The van der Waals surface area contributed by atoms with E-state index in [1.165, 1.54) is 11.9 Å². The van der Waals surface area contributed by atoms with Gasteiger partial charge in [-0.3, -0.25) is 0 Å². The van der Waals surface area contributed by atoms with Gasteiger partial charge in [-0.15, -0.1) is 0 Å². The Morgan fingerprint density at radius 2 is 1.33 bits per heavy atom. The van der Waals surface area contributed by atoms with Crippen LogP contribution < -0.4 is 4.90 Å². The average molecular weight is 270 g/mol. The van der Waals surface area contributed by atoms with Gasteiger partial charge in [-0.1, -0.05) is 0 Å². The summed E-state index contributed by atoms with van der Waals surface area (Å²) in [5.41, 5.74) is -2.83. The molecule has 0 N–H and O–H groups in total.